The van der Waals surface area contributed by atoms with E-state index in [1.807, 2.05) is 0 Å². The van der Waals surface area contributed by atoms with Crippen LogP contribution in [0.25, 0.3) is 60.4 Å². The van der Waals surface area contributed by atoms with E-state index in [9.17, 15) is 0 Å². The van der Waals surface area contributed by atoms with Gasteiger partial charge in [-0.3, -0.25) is 0 Å². The molecule has 0 radical (unpaired) electrons. The van der Waals surface area contributed by atoms with Gasteiger partial charge >= 0.3 is 0 Å². The number of nitrogens with zero attached hydrogens (tertiary/aromatic N) is 1. The van der Waals surface area contributed by atoms with Crippen molar-refractivity contribution in [2.24, 2.45) is 0 Å². The van der Waals surface area contributed by atoms with E-state index in [-0.39, 0.29) is 0 Å². The molecule has 156 valence electrons. The lowest BCUT2D eigenvalue weighted by Gasteiger charge is -2.09. The standard InChI is InChI=1S/C30H19BrN2/c31-24-12-7-14-26-30(24)29-21(11-6-13-25(29)32-26)19-16-17-28-23(18-19)22-10-4-5-15-27(22)33(28)20-8-2-1-3-9-20/h1-18,32H. The Bertz CT molecular complexity index is 1820. The van der Waals surface area contributed by atoms with Gasteiger partial charge in [-0.15, -0.1) is 0 Å². The number of aromatic nitrogens is 2. The molecule has 0 bridgehead atoms. The van der Waals surface area contributed by atoms with Gasteiger partial charge in [-0.2, -0.15) is 0 Å². The Morgan fingerprint density at radius 2 is 1.30 bits per heavy atom. The third kappa shape index (κ3) is 2.73. The Morgan fingerprint density at radius 3 is 2.18 bits per heavy atom. The minimum atomic E-state index is 1.11. The number of halogens is 1. The molecule has 0 saturated carbocycles. The average molecular weight is 487 g/mol. The van der Waals surface area contributed by atoms with Gasteiger partial charge in [-0.05, 0) is 59.7 Å². The Balaban J connectivity index is 1.56. The van der Waals surface area contributed by atoms with E-state index < -0.39 is 0 Å². The summed E-state index contributed by atoms with van der Waals surface area (Å²) >= 11 is 3.78. The number of hydrogen-bond acceptors (Lipinski definition) is 0. The molecule has 7 aromatic rings. The fraction of sp³-hybridized carbons (Fsp3) is 0. The average Bonchev–Trinajstić information content (AvgIpc) is 3.41. The van der Waals surface area contributed by atoms with Crippen LogP contribution in [0.5, 0.6) is 0 Å². The summed E-state index contributed by atoms with van der Waals surface area (Å²) < 4.78 is 3.47. The second-order valence-corrected chi connectivity index (χ2v) is 9.29. The lowest BCUT2D eigenvalue weighted by Crippen LogP contribution is -1.92. The quantitative estimate of drug-likeness (QED) is 0.252. The van der Waals surface area contributed by atoms with Gasteiger partial charge in [-0.25, -0.2) is 0 Å². The summed E-state index contributed by atoms with van der Waals surface area (Å²) in [5, 5.41) is 5.02. The highest BCUT2D eigenvalue weighted by atomic mass is 79.9. The first kappa shape index (κ1) is 18.7. The molecule has 7 rings (SSSR count). The van der Waals surface area contributed by atoms with Crippen molar-refractivity contribution in [1.29, 1.82) is 0 Å². The first-order valence-corrected chi connectivity index (χ1v) is 11.9. The molecule has 1 N–H and O–H groups in total. The summed E-state index contributed by atoms with van der Waals surface area (Å²) in [4.78, 5) is 3.59. The molecule has 0 amide bonds. The smallest absolute Gasteiger partial charge is 0.0541 e. The van der Waals surface area contributed by atoms with E-state index >= 15 is 0 Å². The molecule has 0 saturated heterocycles. The molecule has 2 aromatic heterocycles. The van der Waals surface area contributed by atoms with Gasteiger partial charge in [0.15, 0.2) is 0 Å². The first-order chi connectivity index (χ1) is 16.3. The summed E-state index contributed by atoms with van der Waals surface area (Å²) in [7, 11) is 0. The van der Waals surface area contributed by atoms with Crippen LogP contribution in [-0.2, 0) is 0 Å². The monoisotopic (exact) mass is 486 g/mol. The van der Waals surface area contributed by atoms with Gasteiger partial charge in [0.05, 0.1) is 11.0 Å². The molecule has 0 atom stereocenters. The molecule has 2 nitrogen and oxygen atoms in total. The van der Waals surface area contributed by atoms with Crippen LogP contribution in [0.1, 0.15) is 0 Å². The maximum Gasteiger partial charge on any atom is 0.0541 e. The maximum absolute atomic E-state index is 3.78. The molecule has 0 fully saturated rings. The lowest BCUT2D eigenvalue weighted by atomic mass is 9.98. The van der Waals surface area contributed by atoms with Crippen LogP contribution in [-0.4, -0.2) is 9.55 Å². The second-order valence-electron chi connectivity index (χ2n) is 8.44. The Kier molecular flexibility index (Phi) is 4.02. The predicted molar refractivity (Wildman–Crippen MR) is 143 cm³/mol. The van der Waals surface area contributed by atoms with Crippen molar-refractivity contribution in [2.75, 3.05) is 0 Å². The summed E-state index contributed by atoms with van der Waals surface area (Å²) in [5.41, 5.74) is 8.39. The van der Waals surface area contributed by atoms with Crippen molar-refractivity contribution in [1.82, 2.24) is 9.55 Å². The number of hydrogen-bond donors (Lipinski definition) is 1. The van der Waals surface area contributed by atoms with Crippen LogP contribution < -0.4 is 0 Å². The van der Waals surface area contributed by atoms with Crippen molar-refractivity contribution in [3.8, 4) is 16.8 Å². The minimum absolute atomic E-state index is 1.11. The number of fused-ring (bicyclic) bond motifs is 6. The molecule has 5 aromatic carbocycles. The van der Waals surface area contributed by atoms with Crippen molar-refractivity contribution >= 4 is 59.5 Å². The summed E-state index contributed by atoms with van der Waals surface area (Å²) in [6, 6.07) is 39.0. The Morgan fingerprint density at radius 1 is 0.576 bits per heavy atom. The molecular formula is C30H19BrN2. The summed E-state index contributed by atoms with van der Waals surface area (Å²) in [6.45, 7) is 0. The van der Waals surface area contributed by atoms with E-state index in [1.165, 1.54) is 49.4 Å². The zero-order chi connectivity index (χ0) is 21.9. The van der Waals surface area contributed by atoms with Gasteiger partial charge in [0.2, 0.25) is 0 Å². The topological polar surface area (TPSA) is 20.7 Å². The molecule has 0 aliphatic heterocycles. The lowest BCUT2D eigenvalue weighted by molar-refractivity contribution is 1.18. The number of para-hydroxylation sites is 2. The highest BCUT2D eigenvalue weighted by Crippen LogP contribution is 2.40. The highest BCUT2D eigenvalue weighted by Gasteiger charge is 2.16. The van der Waals surface area contributed by atoms with E-state index in [0.29, 0.717) is 0 Å². The highest BCUT2D eigenvalue weighted by molar-refractivity contribution is 9.10. The molecule has 0 aliphatic carbocycles. The van der Waals surface area contributed by atoms with Crippen molar-refractivity contribution in [2.45, 2.75) is 0 Å². The normalized spacial score (nSPS) is 11.8. The fourth-order valence-corrected chi connectivity index (χ4v) is 5.75. The number of benzene rings is 5. The molecule has 0 spiro atoms. The molecule has 3 heteroatoms. The molecular weight excluding hydrogens is 468 g/mol. The van der Waals surface area contributed by atoms with Crippen LogP contribution in [0.4, 0.5) is 0 Å². The van der Waals surface area contributed by atoms with Gasteiger partial charge < -0.3 is 9.55 Å². The molecule has 33 heavy (non-hydrogen) atoms. The SMILES string of the molecule is Brc1cccc2[nH]c3cccc(-c4ccc5c(c4)c4ccccc4n5-c4ccccc4)c3c12. The minimum Gasteiger partial charge on any atom is -0.354 e. The van der Waals surface area contributed by atoms with E-state index in [2.05, 4.69) is 135 Å². The van der Waals surface area contributed by atoms with Gasteiger partial charge in [0.1, 0.15) is 0 Å². The van der Waals surface area contributed by atoms with Crippen molar-refractivity contribution in [3.05, 3.63) is 114 Å². The predicted octanol–water partition coefficient (Wildman–Crippen LogP) is 8.85. The Labute approximate surface area is 199 Å². The van der Waals surface area contributed by atoms with E-state index in [4.69, 9.17) is 0 Å². The van der Waals surface area contributed by atoms with Crippen LogP contribution in [0, 0.1) is 0 Å². The van der Waals surface area contributed by atoms with E-state index in [1.54, 1.807) is 0 Å². The third-order valence-electron chi connectivity index (χ3n) is 6.60. The maximum atomic E-state index is 3.78. The fourth-order valence-electron chi connectivity index (χ4n) is 5.19. The van der Waals surface area contributed by atoms with Gasteiger partial charge in [0.25, 0.3) is 0 Å². The van der Waals surface area contributed by atoms with Gasteiger partial charge in [-0.1, -0.05) is 76.6 Å². The number of H-pyrrole nitrogens is 1. The Hall–Kier alpha value is -3.82. The second kappa shape index (κ2) is 7.09. The molecule has 0 aliphatic rings. The van der Waals surface area contributed by atoms with Crippen molar-refractivity contribution < 1.29 is 0 Å². The first-order valence-electron chi connectivity index (χ1n) is 11.1. The van der Waals surface area contributed by atoms with E-state index in [0.717, 1.165) is 15.5 Å². The third-order valence-corrected chi connectivity index (χ3v) is 7.26. The zero-order valence-electron chi connectivity index (χ0n) is 17.7. The van der Waals surface area contributed by atoms with Crippen LogP contribution in [0.15, 0.2) is 114 Å². The molecule has 0 unspecified atom stereocenters. The molecule has 2 heterocycles. The van der Waals surface area contributed by atoms with Crippen LogP contribution in [0.2, 0.25) is 0 Å². The number of rotatable bonds is 2. The van der Waals surface area contributed by atoms with Gasteiger partial charge in [0, 0.05) is 42.7 Å². The summed E-state index contributed by atoms with van der Waals surface area (Å²) in [5.74, 6) is 0. The number of aromatic amines is 1. The van der Waals surface area contributed by atoms with Crippen LogP contribution >= 0.6 is 15.9 Å². The van der Waals surface area contributed by atoms with Crippen molar-refractivity contribution in [3.63, 3.8) is 0 Å². The van der Waals surface area contributed by atoms with Crippen LogP contribution in [0.3, 0.4) is 0 Å². The summed E-state index contributed by atoms with van der Waals surface area (Å²) in [6.07, 6.45) is 0. The largest absolute Gasteiger partial charge is 0.354 e. The zero-order valence-corrected chi connectivity index (χ0v) is 19.3. The number of nitrogens with one attached hydrogen (secondary N) is 1.